The lowest BCUT2D eigenvalue weighted by Crippen LogP contribution is -2.42. The Hall–Kier alpha value is -1.10. The molecule has 1 aliphatic rings. The average molecular weight is 199 g/mol. The van der Waals surface area contributed by atoms with Crippen LogP contribution in [0.3, 0.4) is 0 Å². The molecule has 5 heteroatoms. The molecule has 0 bridgehead atoms. The van der Waals surface area contributed by atoms with E-state index in [1.165, 1.54) is 9.80 Å². The molecule has 0 aromatic carbocycles. The van der Waals surface area contributed by atoms with E-state index in [1.54, 1.807) is 7.05 Å². The van der Waals surface area contributed by atoms with E-state index in [1.807, 2.05) is 13.8 Å². The van der Waals surface area contributed by atoms with Crippen LogP contribution in [0, 0.1) is 5.41 Å². The van der Waals surface area contributed by atoms with Crippen molar-refractivity contribution in [3.63, 3.8) is 0 Å². The molecule has 5 nitrogen and oxygen atoms in total. The predicted octanol–water partition coefficient (Wildman–Crippen LogP) is -0.135. The number of urea groups is 1. The van der Waals surface area contributed by atoms with E-state index in [0.29, 0.717) is 13.1 Å². The van der Waals surface area contributed by atoms with Crippen LogP contribution in [0.1, 0.15) is 13.8 Å². The third-order valence-corrected chi connectivity index (χ3v) is 2.37. The summed E-state index contributed by atoms with van der Waals surface area (Å²) in [6, 6.07) is -0.225. The second-order valence-electron chi connectivity index (χ2n) is 4.49. The molecule has 0 atom stereocenters. The summed E-state index contributed by atoms with van der Waals surface area (Å²) in [5, 5.41) is 0. The zero-order valence-electron chi connectivity index (χ0n) is 8.91. The molecule has 0 unspecified atom stereocenters. The molecule has 1 fully saturated rings. The smallest absolute Gasteiger partial charge is 0.326 e. The van der Waals surface area contributed by atoms with E-state index in [-0.39, 0.29) is 23.9 Å². The van der Waals surface area contributed by atoms with Gasteiger partial charge in [-0.1, -0.05) is 13.8 Å². The largest absolute Gasteiger partial charge is 0.330 e. The molecular formula is C9H17N3O2. The quantitative estimate of drug-likeness (QED) is 0.644. The van der Waals surface area contributed by atoms with Crippen LogP contribution in [0.15, 0.2) is 0 Å². The maximum absolute atomic E-state index is 11.5. The van der Waals surface area contributed by atoms with Gasteiger partial charge in [0, 0.05) is 13.6 Å². The average Bonchev–Trinajstić information content (AvgIpc) is 2.32. The lowest BCUT2D eigenvalue weighted by Gasteiger charge is -2.27. The molecule has 2 N–H and O–H groups in total. The third-order valence-electron chi connectivity index (χ3n) is 2.37. The first-order chi connectivity index (χ1) is 6.37. The van der Waals surface area contributed by atoms with Crippen LogP contribution in [0.2, 0.25) is 0 Å². The molecule has 1 rings (SSSR count). The zero-order valence-corrected chi connectivity index (χ0v) is 8.91. The van der Waals surface area contributed by atoms with Crippen molar-refractivity contribution in [1.29, 1.82) is 0 Å². The minimum absolute atomic E-state index is 0.140. The normalized spacial score (nSPS) is 18.3. The Bertz CT molecular complexity index is 263. The fourth-order valence-corrected chi connectivity index (χ4v) is 1.32. The fourth-order valence-electron chi connectivity index (χ4n) is 1.32. The number of amides is 3. The first kappa shape index (κ1) is 11.0. The third kappa shape index (κ3) is 2.04. The van der Waals surface area contributed by atoms with Gasteiger partial charge < -0.3 is 10.6 Å². The monoisotopic (exact) mass is 199 g/mol. The van der Waals surface area contributed by atoms with Crippen molar-refractivity contribution in [1.82, 2.24) is 9.80 Å². The van der Waals surface area contributed by atoms with Gasteiger partial charge in [-0.2, -0.15) is 0 Å². The van der Waals surface area contributed by atoms with Crippen molar-refractivity contribution < 1.29 is 9.59 Å². The molecule has 0 aromatic heterocycles. The number of hydrogen-bond acceptors (Lipinski definition) is 3. The van der Waals surface area contributed by atoms with Crippen molar-refractivity contribution in [3.05, 3.63) is 0 Å². The van der Waals surface area contributed by atoms with Crippen molar-refractivity contribution in [2.24, 2.45) is 11.1 Å². The highest BCUT2D eigenvalue weighted by molar-refractivity contribution is 6.01. The molecule has 3 amide bonds. The number of likely N-dealkylation sites (N-methyl/N-ethyl adjacent to an activating group) is 1. The number of imide groups is 1. The van der Waals surface area contributed by atoms with Gasteiger partial charge in [0.25, 0.3) is 0 Å². The van der Waals surface area contributed by atoms with E-state index in [0.717, 1.165) is 0 Å². The Morgan fingerprint density at radius 1 is 1.43 bits per heavy atom. The van der Waals surface area contributed by atoms with Crippen molar-refractivity contribution in [2.75, 3.05) is 26.7 Å². The molecule has 0 saturated carbocycles. The van der Waals surface area contributed by atoms with Crippen LogP contribution in [-0.4, -0.2) is 48.4 Å². The predicted molar refractivity (Wildman–Crippen MR) is 52.6 cm³/mol. The van der Waals surface area contributed by atoms with Gasteiger partial charge in [-0.15, -0.1) is 0 Å². The molecule has 1 aliphatic heterocycles. The van der Waals surface area contributed by atoms with Gasteiger partial charge in [-0.05, 0) is 12.0 Å². The van der Waals surface area contributed by atoms with Crippen LogP contribution < -0.4 is 5.73 Å². The lowest BCUT2D eigenvalue weighted by atomic mass is 9.93. The standard InChI is InChI=1S/C9H17N3O2/c1-9(2,5-10)6-12-7(13)4-11(3)8(12)14/h4-6,10H2,1-3H3. The van der Waals surface area contributed by atoms with Crippen LogP contribution in [0.25, 0.3) is 0 Å². The molecule has 0 aromatic rings. The summed E-state index contributed by atoms with van der Waals surface area (Å²) in [6.07, 6.45) is 0. The topological polar surface area (TPSA) is 66.6 Å². The molecular weight excluding hydrogens is 182 g/mol. The van der Waals surface area contributed by atoms with Gasteiger partial charge in [0.1, 0.15) is 6.54 Å². The molecule has 1 saturated heterocycles. The van der Waals surface area contributed by atoms with E-state index in [4.69, 9.17) is 5.73 Å². The van der Waals surface area contributed by atoms with Crippen molar-refractivity contribution in [2.45, 2.75) is 13.8 Å². The van der Waals surface area contributed by atoms with E-state index >= 15 is 0 Å². The van der Waals surface area contributed by atoms with Gasteiger partial charge in [-0.25, -0.2) is 4.79 Å². The summed E-state index contributed by atoms with van der Waals surface area (Å²) >= 11 is 0. The Morgan fingerprint density at radius 2 is 2.00 bits per heavy atom. The number of nitrogens with zero attached hydrogens (tertiary/aromatic N) is 2. The summed E-state index contributed by atoms with van der Waals surface area (Å²) in [6.45, 7) is 4.90. The van der Waals surface area contributed by atoms with Crippen LogP contribution in [0.5, 0.6) is 0 Å². The highest BCUT2D eigenvalue weighted by Gasteiger charge is 2.36. The summed E-state index contributed by atoms with van der Waals surface area (Å²) in [4.78, 5) is 25.6. The summed E-state index contributed by atoms with van der Waals surface area (Å²) in [5.74, 6) is -0.140. The molecule has 0 spiro atoms. The zero-order chi connectivity index (χ0) is 10.9. The van der Waals surface area contributed by atoms with Gasteiger partial charge in [-0.3, -0.25) is 9.69 Å². The van der Waals surface area contributed by atoms with Gasteiger partial charge >= 0.3 is 6.03 Å². The van der Waals surface area contributed by atoms with Gasteiger partial charge in [0.05, 0.1) is 0 Å². The first-order valence-electron chi connectivity index (χ1n) is 4.63. The molecule has 0 radical (unpaired) electrons. The Kier molecular flexibility index (Phi) is 2.80. The highest BCUT2D eigenvalue weighted by Crippen LogP contribution is 2.18. The van der Waals surface area contributed by atoms with E-state index in [2.05, 4.69) is 0 Å². The Morgan fingerprint density at radius 3 is 2.36 bits per heavy atom. The van der Waals surface area contributed by atoms with Crippen LogP contribution in [0.4, 0.5) is 4.79 Å². The second kappa shape index (κ2) is 3.57. The SMILES string of the molecule is CN1CC(=O)N(CC(C)(C)CN)C1=O. The Labute approximate surface area is 83.8 Å². The number of rotatable bonds is 3. The second-order valence-corrected chi connectivity index (χ2v) is 4.49. The maximum atomic E-state index is 11.5. The minimum Gasteiger partial charge on any atom is -0.330 e. The maximum Gasteiger partial charge on any atom is 0.326 e. The van der Waals surface area contributed by atoms with Crippen molar-refractivity contribution >= 4 is 11.9 Å². The number of nitrogens with two attached hydrogens (primary N) is 1. The molecule has 1 heterocycles. The minimum atomic E-state index is -0.225. The number of carbonyl (C=O) groups is 2. The highest BCUT2D eigenvalue weighted by atomic mass is 16.2. The van der Waals surface area contributed by atoms with Crippen LogP contribution in [-0.2, 0) is 4.79 Å². The summed E-state index contributed by atoms with van der Waals surface area (Å²) in [5.41, 5.74) is 5.34. The molecule has 80 valence electrons. The molecule has 14 heavy (non-hydrogen) atoms. The van der Waals surface area contributed by atoms with E-state index in [9.17, 15) is 9.59 Å². The fraction of sp³-hybridized carbons (Fsp3) is 0.778. The lowest BCUT2D eigenvalue weighted by molar-refractivity contribution is -0.126. The first-order valence-corrected chi connectivity index (χ1v) is 4.63. The van der Waals surface area contributed by atoms with Gasteiger partial charge in [0.2, 0.25) is 5.91 Å². The summed E-state index contributed by atoms with van der Waals surface area (Å²) < 4.78 is 0. The Balaban J connectivity index is 2.70. The molecule has 0 aliphatic carbocycles. The number of hydrogen-bond donors (Lipinski definition) is 1. The van der Waals surface area contributed by atoms with Gasteiger partial charge in [0.15, 0.2) is 0 Å². The number of carbonyl (C=O) groups excluding carboxylic acids is 2. The van der Waals surface area contributed by atoms with Crippen LogP contribution >= 0.6 is 0 Å². The van der Waals surface area contributed by atoms with Crippen molar-refractivity contribution in [3.8, 4) is 0 Å². The van der Waals surface area contributed by atoms with E-state index < -0.39 is 0 Å². The summed E-state index contributed by atoms with van der Waals surface area (Å²) in [7, 11) is 1.62.